The fraction of sp³-hybridized carbons (Fsp3) is 0.0909. The van der Waals surface area contributed by atoms with E-state index in [4.69, 9.17) is 23.2 Å². The number of carbonyl (C=O) groups is 2. The highest BCUT2D eigenvalue weighted by atomic mass is 35.5. The van der Waals surface area contributed by atoms with Crippen LogP contribution in [0, 0.1) is 6.92 Å². The van der Waals surface area contributed by atoms with Gasteiger partial charge < -0.3 is 4.57 Å². The zero-order valence-corrected chi connectivity index (χ0v) is 20.0. The zero-order valence-electron chi connectivity index (χ0n) is 16.8. The second kappa shape index (κ2) is 8.44. The summed E-state index contributed by atoms with van der Waals surface area (Å²) < 4.78 is 25.6. The molecule has 0 atom stereocenters. The highest BCUT2D eigenvalue weighted by molar-refractivity contribution is 8.18. The Morgan fingerprint density at radius 2 is 1.62 bits per heavy atom. The van der Waals surface area contributed by atoms with Gasteiger partial charge in [-0.15, -0.1) is 0 Å². The minimum absolute atomic E-state index is 0.210. The number of amides is 2. The normalized spacial score (nSPS) is 15.4. The molecule has 6 nitrogen and oxygen atoms in total. The molecule has 2 amide bonds. The first-order valence-corrected chi connectivity index (χ1v) is 12.7. The Morgan fingerprint density at radius 3 is 2.16 bits per heavy atom. The van der Waals surface area contributed by atoms with Crippen molar-refractivity contribution in [1.29, 1.82) is 0 Å². The Balaban J connectivity index is 1.92. The van der Waals surface area contributed by atoms with Crippen molar-refractivity contribution >= 4 is 62.0 Å². The van der Waals surface area contributed by atoms with Gasteiger partial charge in [0.2, 0.25) is 0 Å². The molecular weight excluding hydrogens is 491 g/mol. The number of rotatable bonds is 4. The van der Waals surface area contributed by atoms with Gasteiger partial charge in [-0.25, -0.2) is 8.42 Å². The van der Waals surface area contributed by atoms with E-state index >= 15 is 0 Å². The smallest absolute Gasteiger partial charge is 0.290 e. The molecule has 0 radical (unpaired) electrons. The van der Waals surface area contributed by atoms with Crippen LogP contribution in [0.3, 0.4) is 0 Å². The van der Waals surface area contributed by atoms with Crippen LogP contribution >= 0.6 is 35.0 Å². The fourth-order valence-electron chi connectivity index (χ4n) is 3.42. The van der Waals surface area contributed by atoms with Crippen molar-refractivity contribution in [1.82, 2.24) is 9.88 Å². The molecule has 0 bridgehead atoms. The number of nitrogens with zero attached hydrogens (tertiary/aromatic N) is 1. The monoisotopic (exact) mass is 506 g/mol. The third kappa shape index (κ3) is 4.49. The van der Waals surface area contributed by atoms with E-state index in [1.165, 1.54) is 0 Å². The first-order valence-electron chi connectivity index (χ1n) is 9.27. The molecule has 2 aromatic carbocycles. The molecule has 1 saturated heterocycles. The van der Waals surface area contributed by atoms with E-state index in [-0.39, 0.29) is 4.90 Å². The molecule has 1 aliphatic heterocycles. The highest BCUT2D eigenvalue weighted by Gasteiger charge is 2.26. The lowest BCUT2D eigenvalue weighted by Gasteiger charge is -2.13. The summed E-state index contributed by atoms with van der Waals surface area (Å²) in [7, 11) is -3.34. The first-order chi connectivity index (χ1) is 15.0. The second-order valence-electron chi connectivity index (χ2n) is 7.18. The number of aromatic nitrogens is 1. The van der Waals surface area contributed by atoms with Gasteiger partial charge in [0, 0.05) is 27.7 Å². The fourth-order valence-corrected chi connectivity index (χ4v) is 5.24. The number of hydrogen-bond acceptors (Lipinski definition) is 5. The van der Waals surface area contributed by atoms with E-state index in [0.29, 0.717) is 20.6 Å². The molecule has 10 heteroatoms. The second-order valence-corrected chi connectivity index (χ2v) is 11.1. The maximum atomic E-state index is 12.0. The number of imide groups is 1. The third-order valence-electron chi connectivity index (χ3n) is 4.90. The van der Waals surface area contributed by atoms with E-state index in [1.807, 2.05) is 17.6 Å². The molecule has 4 rings (SSSR count). The van der Waals surface area contributed by atoms with Gasteiger partial charge in [0.15, 0.2) is 9.84 Å². The molecule has 1 aromatic heterocycles. The molecule has 0 saturated carbocycles. The summed E-state index contributed by atoms with van der Waals surface area (Å²) >= 11 is 13.3. The zero-order chi connectivity index (χ0) is 23.2. The van der Waals surface area contributed by atoms with Crippen LogP contribution in [0.4, 0.5) is 4.79 Å². The van der Waals surface area contributed by atoms with Crippen LogP contribution in [0.5, 0.6) is 0 Å². The summed E-state index contributed by atoms with van der Waals surface area (Å²) in [6, 6.07) is 13.5. The van der Waals surface area contributed by atoms with Crippen molar-refractivity contribution in [2.45, 2.75) is 11.8 Å². The van der Waals surface area contributed by atoms with Crippen molar-refractivity contribution in [3.05, 3.63) is 74.7 Å². The Hall–Kier alpha value is -2.52. The van der Waals surface area contributed by atoms with Crippen LogP contribution in [-0.2, 0) is 14.6 Å². The van der Waals surface area contributed by atoms with Gasteiger partial charge in [-0.05, 0) is 72.3 Å². The lowest BCUT2D eigenvalue weighted by atomic mass is 10.1. The minimum Gasteiger partial charge on any atom is -0.313 e. The van der Waals surface area contributed by atoms with Crippen LogP contribution in [0.2, 0.25) is 10.0 Å². The van der Waals surface area contributed by atoms with Gasteiger partial charge in [-0.1, -0.05) is 35.3 Å². The summed E-state index contributed by atoms with van der Waals surface area (Å²) in [5, 5.41) is 2.73. The lowest BCUT2D eigenvalue weighted by molar-refractivity contribution is -0.115. The van der Waals surface area contributed by atoms with Gasteiger partial charge >= 0.3 is 0 Å². The van der Waals surface area contributed by atoms with Crippen LogP contribution in [-0.4, -0.2) is 30.4 Å². The molecule has 164 valence electrons. The van der Waals surface area contributed by atoms with Crippen LogP contribution in [0.1, 0.15) is 11.3 Å². The maximum Gasteiger partial charge on any atom is 0.290 e. The number of thioether (sulfide) groups is 1. The molecule has 0 unspecified atom stereocenters. The van der Waals surface area contributed by atoms with E-state index in [0.717, 1.165) is 40.5 Å². The number of hydrogen-bond donors (Lipinski definition) is 1. The molecule has 1 fully saturated rings. The Bertz CT molecular complexity index is 1390. The van der Waals surface area contributed by atoms with Gasteiger partial charge in [-0.3, -0.25) is 14.9 Å². The molecule has 32 heavy (non-hydrogen) atoms. The number of benzene rings is 2. The first kappa shape index (κ1) is 22.7. The molecule has 0 aliphatic carbocycles. The maximum absolute atomic E-state index is 12.0. The highest BCUT2D eigenvalue weighted by Crippen LogP contribution is 2.35. The van der Waals surface area contributed by atoms with Crippen molar-refractivity contribution < 1.29 is 18.0 Å². The van der Waals surface area contributed by atoms with Gasteiger partial charge in [-0.2, -0.15) is 0 Å². The number of nitrogens with one attached hydrogen (secondary N) is 1. The van der Waals surface area contributed by atoms with Crippen molar-refractivity contribution in [3.8, 4) is 16.9 Å². The summed E-state index contributed by atoms with van der Waals surface area (Å²) in [5.41, 5.74) is 3.69. The predicted molar refractivity (Wildman–Crippen MR) is 128 cm³/mol. The lowest BCUT2D eigenvalue weighted by Crippen LogP contribution is -2.17. The quantitative estimate of drug-likeness (QED) is 0.473. The average Bonchev–Trinajstić information content (AvgIpc) is 3.19. The van der Waals surface area contributed by atoms with E-state index < -0.39 is 21.0 Å². The topological polar surface area (TPSA) is 85.2 Å². The molecule has 0 spiro atoms. The molecule has 1 aliphatic rings. The van der Waals surface area contributed by atoms with Gasteiger partial charge in [0.25, 0.3) is 11.1 Å². The van der Waals surface area contributed by atoms with Gasteiger partial charge in [0.05, 0.1) is 15.5 Å². The summed E-state index contributed by atoms with van der Waals surface area (Å²) in [6.45, 7) is 1.87. The largest absolute Gasteiger partial charge is 0.313 e. The average molecular weight is 507 g/mol. The summed E-state index contributed by atoms with van der Waals surface area (Å²) in [6.07, 6.45) is 2.80. The van der Waals surface area contributed by atoms with Crippen LogP contribution in [0.25, 0.3) is 23.0 Å². The van der Waals surface area contributed by atoms with Crippen molar-refractivity contribution in [2.24, 2.45) is 0 Å². The van der Waals surface area contributed by atoms with E-state index in [9.17, 15) is 18.0 Å². The van der Waals surface area contributed by atoms with E-state index in [1.54, 1.807) is 48.5 Å². The predicted octanol–water partition coefficient (Wildman–Crippen LogP) is 5.49. The summed E-state index contributed by atoms with van der Waals surface area (Å²) in [4.78, 5) is 24.1. The van der Waals surface area contributed by atoms with Gasteiger partial charge in [0.1, 0.15) is 0 Å². The number of halogens is 2. The Labute approximate surface area is 199 Å². The third-order valence-corrected chi connectivity index (χ3v) is 7.27. The SMILES string of the molecule is Cc1c(/C=C2\SC(=O)NC2=O)cc(-c2ccc(S(C)(=O)=O)cc2)n1-c1cc(Cl)cc(Cl)c1. The minimum atomic E-state index is -3.34. The van der Waals surface area contributed by atoms with Crippen LogP contribution in [0.15, 0.2) is 58.3 Å². The number of carbonyl (C=O) groups excluding carboxylic acids is 2. The Morgan fingerprint density at radius 1 is 1.00 bits per heavy atom. The van der Waals surface area contributed by atoms with E-state index in [2.05, 4.69) is 5.32 Å². The standard InChI is InChI=1S/C22H16Cl2N2O4S2/c1-12-14(8-20-21(27)25-22(28)31-20)7-19(13-3-5-18(6-4-13)32(2,29)30)26(12)17-10-15(23)9-16(24)11-17/h3-11H,1-2H3,(H,25,27,28)/b20-8-. The van der Waals surface area contributed by atoms with Crippen molar-refractivity contribution in [2.75, 3.05) is 6.26 Å². The van der Waals surface area contributed by atoms with Crippen molar-refractivity contribution in [3.63, 3.8) is 0 Å². The molecule has 1 N–H and O–H groups in total. The Kier molecular flexibility index (Phi) is 5.98. The molecule has 2 heterocycles. The van der Waals surface area contributed by atoms with Crippen LogP contribution < -0.4 is 5.32 Å². The number of sulfone groups is 1. The molecule has 3 aromatic rings. The molecular formula is C22H16Cl2N2O4S2. The summed E-state index contributed by atoms with van der Waals surface area (Å²) in [5.74, 6) is -0.447.